The number of aromatic carboxylic acids is 1. The van der Waals surface area contributed by atoms with Crippen LogP contribution in [0.5, 0.6) is 0 Å². The summed E-state index contributed by atoms with van der Waals surface area (Å²) in [5, 5.41) is 11.7. The second-order valence-corrected chi connectivity index (χ2v) is 4.90. The number of carbonyl (C=O) groups excluding carboxylic acids is 1. The number of hydrogen-bond acceptors (Lipinski definition) is 3. The van der Waals surface area contributed by atoms with Crippen LogP contribution in [-0.4, -0.2) is 22.0 Å². The third kappa shape index (κ3) is 3.89. The third-order valence-electron chi connectivity index (χ3n) is 2.98. The number of benzene rings is 1. The second-order valence-electron chi connectivity index (χ2n) is 4.90. The van der Waals surface area contributed by atoms with Crippen LogP contribution in [0, 0.1) is 13.8 Å². The molecule has 0 saturated carbocycles. The largest absolute Gasteiger partial charge is 0.478 e. The highest BCUT2D eigenvalue weighted by atomic mass is 16.4. The average molecular weight is 284 g/mol. The Bertz CT molecular complexity index is 675. The van der Waals surface area contributed by atoms with Crippen LogP contribution in [0.15, 0.2) is 36.5 Å². The summed E-state index contributed by atoms with van der Waals surface area (Å²) in [6, 6.07) is 8.48. The first-order valence-electron chi connectivity index (χ1n) is 6.50. The van der Waals surface area contributed by atoms with Crippen molar-refractivity contribution in [1.82, 2.24) is 10.3 Å². The lowest BCUT2D eigenvalue weighted by molar-refractivity contribution is 0.0696. The van der Waals surface area contributed by atoms with Crippen LogP contribution in [0.1, 0.15) is 37.5 Å². The standard InChI is InChI=1S/C16H16N2O3/c1-10-5-11(2)7-13(6-10)15(19)18-9-14-8-12(16(20)21)3-4-17-14/h3-8H,9H2,1-2H3,(H,18,19)(H,20,21). The zero-order chi connectivity index (χ0) is 15.4. The van der Waals surface area contributed by atoms with E-state index in [9.17, 15) is 9.59 Å². The molecule has 2 aromatic rings. The van der Waals surface area contributed by atoms with E-state index in [-0.39, 0.29) is 18.0 Å². The highest BCUT2D eigenvalue weighted by Crippen LogP contribution is 2.09. The number of pyridine rings is 1. The Morgan fingerprint density at radius 2 is 1.76 bits per heavy atom. The molecule has 0 aliphatic rings. The van der Waals surface area contributed by atoms with Crippen molar-refractivity contribution >= 4 is 11.9 Å². The summed E-state index contributed by atoms with van der Waals surface area (Å²) in [5.41, 5.74) is 3.28. The van der Waals surface area contributed by atoms with Crippen molar-refractivity contribution in [1.29, 1.82) is 0 Å². The molecular formula is C16H16N2O3. The van der Waals surface area contributed by atoms with Gasteiger partial charge in [-0.25, -0.2) is 4.79 Å². The fourth-order valence-corrected chi connectivity index (χ4v) is 2.09. The van der Waals surface area contributed by atoms with Gasteiger partial charge in [-0.1, -0.05) is 17.2 Å². The molecule has 1 aromatic heterocycles. The molecule has 0 unspecified atom stereocenters. The fourth-order valence-electron chi connectivity index (χ4n) is 2.09. The number of hydrogen-bond donors (Lipinski definition) is 2. The van der Waals surface area contributed by atoms with Crippen LogP contribution in [0.4, 0.5) is 0 Å². The SMILES string of the molecule is Cc1cc(C)cc(C(=O)NCc2cc(C(=O)O)ccn2)c1. The number of aryl methyl sites for hydroxylation is 2. The molecule has 1 amide bonds. The lowest BCUT2D eigenvalue weighted by atomic mass is 10.1. The number of carboxylic acid groups (broad SMARTS) is 1. The van der Waals surface area contributed by atoms with Crippen LogP contribution in [0.3, 0.4) is 0 Å². The highest BCUT2D eigenvalue weighted by Gasteiger charge is 2.08. The summed E-state index contributed by atoms with van der Waals surface area (Å²) in [6.45, 7) is 4.05. The predicted octanol–water partition coefficient (Wildman–Crippen LogP) is 2.33. The molecule has 1 aromatic carbocycles. The molecule has 0 bridgehead atoms. The van der Waals surface area contributed by atoms with E-state index in [2.05, 4.69) is 10.3 Å². The Kier molecular flexibility index (Phi) is 4.33. The fraction of sp³-hybridized carbons (Fsp3) is 0.188. The first-order valence-corrected chi connectivity index (χ1v) is 6.50. The van der Waals surface area contributed by atoms with Crippen LogP contribution in [0.2, 0.25) is 0 Å². The normalized spacial score (nSPS) is 10.2. The van der Waals surface area contributed by atoms with E-state index in [1.54, 1.807) is 0 Å². The summed E-state index contributed by atoms with van der Waals surface area (Å²) < 4.78 is 0. The molecule has 2 rings (SSSR count). The van der Waals surface area contributed by atoms with Crippen LogP contribution < -0.4 is 5.32 Å². The minimum absolute atomic E-state index is 0.153. The van der Waals surface area contributed by atoms with E-state index in [0.717, 1.165) is 11.1 Å². The first-order chi connectivity index (χ1) is 9.95. The van der Waals surface area contributed by atoms with Gasteiger partial charge in [-0.05, 0) is 38.1 Å². The van der Waals surface area contributed by atoms with Gasteiger partial charge in [-0.2, -0.15) is 0 Å². The first kappa shape index (κ1) is 14.7. The number of amides is 1. The molecule has 2 N–H and O–H groups in total. The highest BCUT2D eigenvalue weighted by molar-refractivity contribution is 5.94. The Labute approximate surface area is 122 Å². The van der Waals surface area contributed by atoms with Gasteiger partial charge in [0.1, 0.15) is 0 Å². The van der Waals surface area contributed by atoms with Gasteiger partial charge < -0.3 is 10.4 Å². The number of rotatable bonds is 4. The van der Waals surface area contributed by atoms with Gasteiger partial charge in [-0.15, -0.1) is 0 Å². The average Bonchev–Trinajstić information content (AvgIpc) is 2.44. The summed E-state index contributed by atoms with van der Waals surface area (Å²) >= 11 is 0. The van der Waals surface area contributed by atoms with Crippen molar-refractivity contribution in [2.24, 2.45) is 0 Å². The lowest BCUT2D eigenvalue weighted by Crippen LogP contribution is -2.23. The van der Waals surface area contributed by atoms with Crippen molar-refractivity contribution in [2.75, 3.05) is 0 Å². The van der Waals surface area contributed by atoms with Crippen molar-refractivity contribution in [2.45, 2.75) is 20.4 Å². The molecule has 108 valence electrons. The monoisotopic (exact) mass is 284 g/mol. The lowest BCUT2D eigenvalue weighted by Gasteiger charge is -2.07. The topological polar surface area (TPSA) is 79.3 Å². The Balaban J connectivity index is 2.07. The van der Waals surface area contributed by atoms with Crippen molar-refractivity contribution in [3.63, 3.8) is 0 Å². The molecule has 0 atom stereocenters. The maximum Gasteiger partial charge on any atom is 0.335 e. The molecule has 0 aliphatic heterocycles. The van der Waals surface area contributed by atoms with Gasteiger partial charge >= 0.3 is 5.97 Å². The van der Waals surface area contributed by atoms with Gasteiger partial charge in [-0.3, -0.25) is 9.78 Å². The molecule has 5 nitrogen and oxygen atoms in total. The van der Waals surface area contributed by atoms with Gasteiger partial charge in [0.15, 0.2) is 0 Å². The molecule has 1 heterocycles. The number of nitrogens with one attached hydrogen (secondary N) is 1. The minimum atomic E-state index is -1.01. The van der Waals surface area contributed by atoms with Crippen molar-refractivity contribution in [3.8, 4) is 0 Å². The molecule has 0 aliphatic carbocycles. The van der Waals surface area contributed by atoms with E-state index in [4.69, 9.17) is 5.11 Å². The van der Waals surface area contributed by atoms with Crippen LogP contribution in [-0.2, 0) is 6.54 Å². The van der Waals surface area contributed by atoms with E-state index in [1.165, 1.54) is 18.3 Å². The van der Waals surface area contributed by atoms with Gasteiger partial charge in [0, 0.05) is 11.8 Å². The van der Waals surface area contributed by atoms with Gasteiger partial charge in [0.05, 0.1) is 17.8 Å². The third-order valence-corrected chi connectivity index (χ3v) is 2.98. The summed E-state index contributed by atoms with van der Waals surface area (Å²) in [4.78, 5) is 27.0. The molecule has 0 spiro atoms. The number of nitrogens with zero attached hydrogens (tertiary/aromatic N) is 1. The van der Waals surface area contributed by atoms with Gasteiger partial charge in [0.25, 0.3) is 5.91 Å². The zero-order valence-electron chi connectivity index (χ0n) is 11.9. The zero-order valence-corrected chi connectivity index (χ0v) is 11.9. The number of aromatic nitrogens is 1. The molecule has 0 saturated heterocycles. The predicted molar refractivity (Wildman–Crippen MR) is 78.3 cm³/mol. The van der Waals surface area contributed by atoms with E-state index in [0.29, 0.717) is 11.3 Å². The number of carboxylic acids is 1. The summed E-state index contributed by atoms with van der Waals surface area (Å²) in [7, 11) is 0. The Morgan fingerprint density at radius 3 is 2.38 bits per heavy atom. The second kappa shape index (κ2) is 6.17. The molecule has 0 fully saturated rings. The Morgan fingerprint density at radius 1 is 1.10 bits per heavy atom. The maximum atomic E-state index is 12.1. The minimum Gasteiger partial charge on any atom is -0.478 e. The molecule has 5 heteroatoms. The summed E-state index contributed by atoms with van der Waals surface area (Å²) in [5.74, 6) is -1.22. The van der Waals surface area contributed by atoms with Gasteiger partial charge in [0.2, 0.25) is 0 Å². The molecular weight excluding hydrogens is 268 g/mol. The van der Waals surface area contributed by atoms with Crippen molar-refractivity contribution < 1.29 is 14.7 Å². The van der Waals surface area contributed by atoms with E-state index >= 15 is 0 Å². The maximum absolute atomic E-state index is 12.1. The number of carbonyl (C=O) groups is 2. The molecule has 21 heavy (non-hydrogen) atoms. The van der Waals surface area contributed by atoms with E-state index in [1.807, 2.05) is 32.0 Å². The quantitative estimate of drug-likeness (QED) is 0.903. The molecule has 0 radical (unpaired) electrons. The smallest absolute Gasteiger partial charge is 0.335 e. The summed E-state index contributed by atoms with van der Waals surface area (Å²) in [6.07, 6.45) is 1.42. The van der Waals surface area contributed by atoms with E-state index < -0.39 is 5.97 Å². The Hall–Kier alpha value is -2.69. The van der Waals surface area contributed by atoms with Crippen molar-refractivity contribution in [3.05, 3.63) is 64.5 Å². The van der Waals surface area contributed by atoms with Crippen LogP contribution >= 0.6 is 0 Å². The van der Waals surface area contributed by atoms with Crippen LogP contribution in [0.25, 0.3) is 0 Å².